The van der Waals surface area contributed by atoms with Crippen molar-refractivity contribution in [3.63, 3.8) is 0 Å². The molecule has 6 atom stereocenters. The van der Waals surface area contributed by atoms with Gasteiger partial charge in [-0.15, -0.1) is 0 Å². The van der Waals surface area contributed by atoms with Crippen molar-refractivity contribution < 1.29 is 24.2 Å². The standard InChI is InChI=1S/C23H32O5/c1-14(24)28-13-20(26)23(27)11-8-19-17-5-4-15-12-16(25)6-9-21(15,2)18(17)7-10-22(19,23)3/h7,15,17,19,27H,4-6,8-13H2,1-3H3/t15-,17-,19+,21+,22+,23+/m1/s1. The maximum Gasteiger partial charge on any atom is 0.303 e. The van der Waals surface area contributed by atoms with Crippen LogP contribution in [0.1, 0.15) is 72.1 Å². The molecule has 3 saturated carbocycles. The van der Waals surface area contributed by atoms with Crippen molar-refractivity contribution in [1.82, 2.24) is 0 Å². The lowest BCUT2D eigenvalue weighted by molar-refractivity contribution is -0.163. The number of allylic oxidation sites excluding steroid dienone is 2. The summed E-state index contributed by atoms with van der Waals surface area (Å²) >= 11 is 0. The van der Waals surface area contributed by atoms with Gasteiger partial charge in [-0.3, -0.25) is 14.4 Å². The second-order valence-electron chi connectivity index (χ2n) is 10.0. The van der Waals surface area contributed by atoms with Crippen molar-refractivity contribution in [3.05, 3.63) is 11.6 Å². The van der Waals surface area contributed by atoms with Gasteiger partial charge in [-0.05, 0) is 61.7 Å². The molecule has 0 spiro atoms. The van der Waals surface area contributed by atoms with E-state index in [2.05, 4.69) is 13.0 Å². The Labute approximate surface area is 166 Å². The van der Waals surface area contributed by atoms with Gasteiger partial charge in [0.05, 0.1) is 0 Å². The second kappa shape index (κ2) is 6.51. The van der Waals surface area contributed by atoms with E-state index in [4.69, 9.17) is 4.74 Å². The number of ether oxygens (including phenoxy) is 1. The summed E-state index contributed by atoms with van der Waals surface area (Å²) in [7, 11) is 0. The summed E-state index contributed by atoms with van der Waals surface area (Å²) in [6.07, 6.45) is 8.60. The lowest BCUT2D eigenvalue weighted by Gasteiger charge is -2.56. The quantitative estimate of drug-likeness (QED) is 0.592. The van der Waals surface area contributed by atoms with Crippen LogP contribution in [0.3, 0.4) is 0 Å². The summed E-state index contributed by atoms with van der Waals surface area (Å²) in [6, 6.07) is 0. The molecule has 0 aliphatic heterocycles. The van der Waals surface area contributed by atoms with Gasteiger partial charge in [0.25, 0.3) is 0 Å². The van der Waals surface area contributed by atoms with Gasteiger partial charge >= 0.3 is 5.97 Å². The highest BCUT2D eigenvalue weighted by atomic mass is 16.5. The zero-order valence-electron chi connectivity index (χ0n) is 17.3. The molecule has 4 rings (SSSR count). The Bertz CT molecular complexity index is 754. The molecule has 0 aromatic heterocycles. The van der Waals surface area contributed by atoms with Crippen LogP contribution in [0.5, 0.6) is 0 Å². The molecule has 154 valence electrons. The van der Waals surface area contributed by atoms with Crippen molar-refractivity contribution >= 4 is 17.5 Å². The van der Waals surface area contributed by atoms with Crippen LogP contribution in [-0.2, 0) is 19.1 Å². The normalized spacial score (nSPS) is 44.8. The monoisotopic (exact) mass is 388 g/mol. The maximum atomic E-state index is 12.8. The SMILES string of the molecule is CC(=O)OCC(=O)[C@@]1(O)CC[C@H]2[C@@H]3CC[C@@H]4CC(=O)CC[C@]4(C)C3=CC[C@@]21C. The number of Topliss-reactive ketones (excluding diaryl/α,β-unsaturated/α-hetero) is 2. The number of rotatable bonds is 3. The van der Waals surface area contributed by atoms with E-state index in [1.54, 1.807) is 0 Å². The van der Waals surface area contributed by atoms with Crippen LogP contribution in [0.4, 0.5) is 0 Å². The number of hydrogen-bond acceptors (Lipinski definition) is 5. The fraction of sp³-hybridized carbons (Fsp3) is 0.783. The van der Waals surface area contributed by atoms with E-state index in [1.165, 1.54) is 12.5 Å². The van der Waals surface area contributed by atoms with Gasteiger partial charge in [0.2, 0.25) is 5.78 Å². The van der Waals surface area contributed by atoms with Crippen LogP contribution < -0.4 is 0 Å². The van der Waals surface area contributed by atoms with Crippen LogP contribution in [0.25, 0.3) is 0 Å². The first-order valence-corrected chi connectivity index (χ1v) is 10.7. The summed E-state index contributed by atoms with van der Waals surface area (Å²) in [6.45, 7) is 5.30. The van der Waals surface area contributed by atoms with Crippen molar-refractivity contribution in [1.29, 1.82) is 0 Å². The highest BCUT2D eigenvalue weighted by molar-refractivity contribution is 5.91. The lowest BCUT2D eigenvalue weighted by atomic mass is 9.48. The maximum absolute atomic E-state index is 12.8. The van der Waals surface area contributed by atoms with E-state index in [-0.39, 0.29) is 23.7 Å². The average Bonchev–Trinajstić information content (AvgIpc) is 2.92. The number of fused-ring (bicyclic) bond motifs is 5. The minimum Gasteiger partial charge on any atom is -0.458 e. The van der Waals surface area contributed by atoms with Gasteiger partial charge in [-0.2, -0.15) is 0 Å². The summed E-state index contributed by atoms with van der Waals surface area (Å²) in [5, 5.41) is 11.4. The first-order chi connectivity index (χ1) is 13.1. The van der Waals surface area contributed by atoms with Crippen LogP contribution in [0.15, 0.2) is 11.6 Å². The van der Waals surface area contributed by atoms with E-state index in [1.807, 2.05) is 6.92 Å². The Morgan fingerprint density at radius 2 is 1.96 bits per heavy atom. The molecule has 0 aromatic carbocycles. The number of carbonyl (C=O) groups is 3. The van der Waals surface area contributed by atoms with Crippen LogP contribution >= 0.6 is 0 Å². The largest absolute Gasteiger partial charge is 0.458 e. The Kier molecular flexibility index (Phi) is 4.61. The Balaban J connectivity index is 1.63. The fourth-order valence-electron chi connectivity index (χ4n) is 7.08. The summed E-state index contributed by atoms with van der Waals surface area (Å²) in [5.74, 6) is 0.603. The predicted molar refractivity (Wildman–Crippen MR) is 103 cm³/mol. The molecule has 5 nitrogen and oxygen atoms in total. The smallest absolute Gasteiger partial charge is 0.303 e. The first-order valence-electron chi connectivity index (χ1n) is 10.7. The fourth-order valence-corrected chi connectivity index (χ4v) is 7.08. The van der Waals surface area contributed by atoms with Gasteiger partial charge in [0.15, 0.2) is 6.61 Å². The minimum absolute atomic E-state index is 0.0839. The Morgan fingerprint density at radius 1 is 1.21 bits per heavy atom. The molecule has 0 aromatic rings. The Morgan fingerprint density at radius 3 is 2.68 bits per heavy atom. The highest BCUT2D eigenvalue weighted by Crippen LogP contribution is 2.66. The molecule has 0 bridgehead atoms. The summed E-state index contributed by atoms with van der Waals surface area (Å²) < 4.78 is 4.91. The molecule has 28 heavy (non-hydrogen) atoms. The highest BCUT2D eigenvalue weighted by Gasteiger charge is 2.64. The molecule has 0 heterocycles. The zero-order chi connectivity index (χ0) is 20.3. The molecule has 1 N–H and O–H groups in total. The predicted octanol–water partition coefficient (Wildman–Crippen LogP) is 3.38. The molecule has 0 radical (unpaired) electrons. The molecule has 3 fully saturated rings. The first kappa shape index (κ1) is 19.8. The van der Waals surface area contributed by atoms with Crippen LogP contribution in [-0.4, -0.2) is 34.9 Å². The van der Waals surface area contributed by atoms with Gasteiger partial charge in [-0.1, -0.05) is 25.5 Å². The average molecular weight is 389 g/mol. The van der Waals surface area contributed by atoms with E-state index < -0.39 is 17.0 Å². The zero-order valence-corrected chi connectivity index (χ0v) is 17.3. The second-order valence-corrected chi connectivity index (χ2v) is 10.0. The molecule has 4 aliphatic rings. The Hall–Kier alpha value is -1.49. The van der Waals surface area contributed by atoms with Crippen molar-refractivity contribution in [2.75, 3.05) is 6.61 Å². The van der Waals surface area contributed by atoms with Gasteiger partial charge in [0, 0.05) is 25.2 Å². The van der Waals surface area contributed by atoms with E-state index in [0.717, 1.165) is 25.7 Å². The van der Waals surface area contributed by atoms with Crippen molar-refractivity contribution in [2.24, 2.45) is 28.6 Å². The van der Waals surface area contributed by atoms with E-state index in [9.17, 15) is 19.5 Å². The number of ketones is 2. The third-order valence-electron chi connectivity index (χ3n) is 8.86. The molecular formula is C23H32O5. The molecule has 0 unspecified atom stereocenters. The molecular weight excluding hydrogens is 356 g/mol. The van der Waals surface area contributed by atoms with Crippen LogP contribution in [0.2, 0.25) is 0 Å². The molecule has 0 amide bonds. The van der Waals surface area contributed by atoms with Crippen molar-refractivity contribution in [3.8, 4) is 0 Å². The molecule has 4 aliphatic carbocycles. The van der Waals surface area contributed by atoms with Gasteiger partial charge in [0.1, 0.15) is 11.4 Å². The van der Waals surface area contributed by atoms with Crippen LogP contribution in [0, 0.1) is 28.6 Å². The van der Waals surface area contributed by atoms with Crippen molar-refractivity contribution in [2.45, 2.75) is 77.7 Å². The molecule has 5 heteroatoms. The van der Waals surface area contributed by atoms with Gasteiger partial charge < -0.3 is 9.84 Å². The number of aliphatic hydroxyl groups is 1. The van der Waals surface area contributed by atoms with E-state index in [0.29, 0.717) is 43.3 Å². The number of carbonyl (C=O) groups excluding carboxylic acids is 3. The third kappa shape index (κ3) is 2.65. The topological polar surface area (TPSA) is 80.7 Å². The third-order valence-corrected chi connectivity index (χ3v) is 8.86. The number of esters is 1. The van der Waals surface area contributed by atoms with Gasteiger partial charge in [-0.25, -0.2) is 0 Å². The van der Waals surface area contributed by atoms with E-state index >= 15 is 0 Å². The lowest BCUT2D eigenvalue weighted by Crippen LogP contribution is -2.56. The number of hydrogen-bond donors (Lipinski definition) is 1. The summed E-state index contributed by atoms with van der Waals surface area (Å²) in [5.41, 5.74) is -0.391. The molecule has 0 saturated heterocycles. The summed E-state index contributed by atoms with van der Waals surface area (Å²) in [4.78, 5) is 36.0. The minimum atomic E-state index is -1.44.